The normalized spacial score (nSPS) is 11.9. The maximum Gasteiger partial charge on any atom is 0.246 e. The van der Waals surface area contributed by atoms with Crippen LogP contribution < -0.4 is 10.1 Å². The molecule has 0 aliphatic carbocycles. The second-order valence-electron chi connectivity index (χ2n) is 4.75. The first-order chi connectivity index (χ1) is 10.7. The number of H-pyrrole nitrogens is 1. The number of halogens is 1. The SMILES string of the molecule is CC(Oc1ccccc1)c1nc(Nc2ccc(Cl)cc2)n[nH]1. The maximum absolute atomic E-state index is 5.86. The van der Waals surface area contributed by atoms with Gasteiger partial charge >= 0.3 is 0 Å². The van der Waals surface area contributed by atoms with Gasteiger partial charge in [-0.15, -0.1) is 5.10 Å². The minimum absolute atomic E-state index is 0.226. The summed E-state index contributed by atoms with van der Waals surface area (Å²) in [6, 6.07) is 16.9. The number of hydrogen-bond acceptors (Lipinski definition) is 4. The molecule has 2 aromatic carbocycles. The quantitative estimate of drug-likeness (QED) is 0.735. The molecule has 0 fully saturated rings. The van der Waals surface area contributed by atoms with Crippen molar-refractivity contribution >= 4 is 23.2 Å². The summed E-state index contributed by atoms with van der Waals surface area (Å²) in [6.07, 6.45) is -0.226. The fraction of sp³-hybridized carbons (Fsp3) is 0.125. The summed E-state index contributed by atoms with van der Waals surface area (Å²) < 4.78 is 5.80. The number of ether oxygens (including phenoxy) is 1. The Morgan fingerprint density at radius 2 is 1.82 bits per heavy atom. The van der Waals surface area contributed by atoms with Gasteiger partial charge in [0.1, 0.15) is 5.75 Å². The molecular weight excluding hydrogens is 300 g/mol. The predicted octanol–water partition coefficient (Wildman–Crippen LogP) is 4.34. The average Bonchev–Trinajstić information content (AvgIpc) is 2.99. The molecule has 0 saturated carbocycles. The number of benzene rings is 2. The summed E-state index contributed by atoms with van der Waals surface area (Å²) in [6.45, 7) is 1.92. The molecule has 0 spiro atoms. The summed E-state index contributed by atoms with van der Waals surface area (Å²) in [5.41, 5.74) is 0.867. The van der Waals surface area contributed by atoms with Gasteiger partial charge in [0.05, 0.1) is 0 Å². The van der Waals surface area contributed by atoms with Crippen LogP contribution in [-0.2, 0) is 0 Å². The highest BCUT2D eigenvalue weighted by atomic mass is 35.5. The highest BCUT2D eigenvalue weighted by molar-refractivity contribution is 6.30. The van der Waals surface area contributed by atoms with Crippen LogP contribution in [0.4, 0.5) is 11.6 Å². The van der Waals surface area contributed by atoms with E-state index in [-0.39, 0.29) is 6.10 Å². The van der Waals surface area contributed by atoms with Gasteiger partial charge in [-0.3, -0.25) is 5.10 Å². The molecule has 1 atom stereocenters. The molecule has 0 radical (unpaired) electrons. The van der Waals surface area contributed by atoms with E-state index in [2.05, 4.69) is 20.5 Å². The van der Waals surface area contributed by atoms with Crippen molar-refractivity contribution in [1.82, 2.24) is 15.2 Å². The molecule has 0 bridgehead atoms. The molecule has 2 N–H and O–H groups in total. The van der Waals surface area contributed by atoms with Gasteiger partial charge in [0.2, 0.25) is 5.95 Å². The van der Waals surface area contributed by atoms with E-state index in [0.29, 0.717) is 16.8 Å². The third-order valence-corrected chi connectivity index (χ3v) is 3.30. The Morgan fingerprint density at radius 1 is 1.09 bits per heavy atom. The van der Waals surface area contributed by atoms with E-state index < -0.39 is 0 Å². The molecule has 0 aliphatic heterocycles. The number of anilines is 2. The molecule has 0 saturated heterocycles. The maximum atomic E-state index is 5.86. The number of para-hydroxylation sites is 1. The standard InChI is InChI=1S/C16H15ClN4O/c1-11(22-14-5-3-2-4-6-14)15-19-16(21-20-15)18-13-9-7-12(17)8-10-13/h2-11H,1H3,(H2,18,19,20,21). The Labute approximate surface area is 133 Å². The van der Waals surface area contributed by atoms with Crippen LogP contribution in [0, 0.1) is 0 Å². The molecular formula is C16H15ClN4O. The Balaban J connectivity index is 1.66. The van der Waals surface area contributed by atoms with Crippen LogP contribution in [0.3, 0.4) is 0 Å². The first kappa shape index (κ1) is 14.4. The van der Waals surface area contributed by atoms with Gasteiger partial charge in [-0.05, 0) is 43.3 Å². The lowest BCUT2D eigenvalue weighted by atomic mass is 10.3. The van der Waals surface area contributed by atoms with Crippen molar-refractivity contribution in [2.75, 3.05) is 5.32 Å². The van der Waals surface area contributed by atoms with Gasteiger partial charge < -0.3 is 10.1 Å². The van der Waals surface area contributed by atoms with Gasteiger partial charge in [-0.25, -0.2) is 0 Å². The number of rotatable bonds is 5. The molecule has 6 heteroatoms. The van der Waals surface area contributed by atoms with Gasteiger partial charge in [0.25, 0.3) is 0 Å². The monoisotopic (exact) mass is 314 g/mol. The lowest BCUT2D eigenvalue weighted by molar-refractivity contribution is 0.217. The number of aromatic amines is 1. The highest BCUT2D eigenvalue weighted by Gasteiger charge is 2.13. The van der Waals surface area contributed by atoms with Crippen molar-refractivity contribution in [3.8, 4) is 5.75 Å². The molecule has 1 aromatic heterocycles. The minimum Gasteiger partial charge on any atom is -0.483 e. The third kappa shape index (κ3) is 3.56. The van der Waals surface area contributed by atoms with E-state index in [1.54, 1.807) is 12.1 Å². The molecule has 1 unspecified atom stereocenters. The van der Waals surface area contributed by atoms with Crippen LogP contribution in [0.1, 0.15) is 18.9 Å². The first-order valence-corrected chi connectivity index (χ1v) is 7.25. The van der Waals surface area contributed by atoms with Gasteiger partial charge in [0.15, 0.2) is 11.9 Å². The average molecular weight is 315 g/mol. The zero-order chi connectivity index (χ0) is 15.4. The van der Waals surface area contributed by atoms with Gasteiger partial charge in [0, 0.05) is 10.7 Å². The van der Waals surface area contributed by atoms with Crippen LogP contribution in [0.15, 0.2) is 54.6 Å². The van der Waals surface area contributed by atoms with E-state index in [0.717, 1.165) is 11.4 Å². The smallest absolute Gasteiger partial charge is 0.246 e. The number of hydrogen-bond donors (Lipinski definition) is 2. The molecule has 0 amide bonds. The van der Waals surface area contributed by atoms with Crippen LogP contribution in [-0.4, -0.2) is 15.2 Å². The molecule has 0 aliphatic rings. The molecule has 3 rings (SSSR count). The zero-order valence-electron chi connectivity index (χ0n) is 12.0. The molecule has 22 heavy (non-hydrogen) atoms. The van der Waals surface area contributed by atoms with Gasteiger partial charge in [-0.1, -0.05) is 29.8 Å². The summed E-state index contributed by atoms with van der Waals surface area (Å²) in [5, 5.41) is 10.8. The van der Waals surface area contributed by atoms with E-state index in [1.165, 1.54) is 0 Å². The van der Waals surface area contributed by atoms with Crippen molar-refractivity contribution in [1.29, 1.82) is 0 Å². The Hall–Kier alpha value is -2.53. The van der Waals surface area contributed by atoms with Crippen LogP contribution in [0.2, 0.25) is 5.02 Å². The van der Waals surface area contributed by atoms with Crippen LogP contribution in [0.5, 0.6) is 5.75 Å². The third-order valence-electron chi connectivity index (χ3n) is 3.04. The summed E-state index contributed by atoms with van der Waals surface area (Å²) in [7, 11) is 0. The van der Waals surface area contributed by atoms with E-state index in [9.17, 15) is 0 Å². The van der Waals surface area contributed by atoms with Crippen molar-refractivity contribution in [2.45, 2.75) is 13.0 Å². The van der Waals surface area contributed by atoms with E-state index >= 15 is 0 Å². The van der Waals surface area contributed by atoms with Crippen molar-refractivity contribution in [3.05, 3.63) is 65.4 Å². The van der Waals surface area contributed by atoms with E-state index in [4.69, 9.17) is 16.3 Å². The lowest BCUT2D eigenvalue weighted by Crippen LogP contribution is -2.05. The van der Waals surface area contributed by atoms with E-state index in [1.807, 2.05) is 49.4 Å². The van der Waals surface area contributed by atoms with Crippen LogP contribution >= 0.6 is 11.6 Å². The largest absolute Gasteiger partial charge is 0.483 e. The van der Waals surface area contributed by atoms with Crippen molar-refractivity contribution in [3.63, 3.8) is 0 Å². The highest BCUT2D eigenvalue weighted by Crippen LogP contribution is 2.21. The zero-order valence-corrected chi connectivity index (χ0v) is 12.7. The summed E-state index contributed by atoms with van der Waals surface area (Å²) in [4.78, 5) is 4.39. The first-order valence-electron chi connectivity index (χ1n) is 6.87. The minimum atomic E-state index is -0.226. The second kappa shape index (κ2) is 6.49. The Kier molecular flexibility index (Phi) is 4.25. The second-order valence-corrected chi connectivity index (χ2v) is 5.19. The molecule has 3 aromatic rings. The lowest BCUT2D eigenvalue weighted by Gasteiger charge is -2.11. The van der Waals surface area contributed by atoms with Crippen molar-refractivity contribution < 1.29 is 4.74 Å². The number of nitrogens with zero attached hydrogens (tertiary/aromatic N) is 2. The summed E-state index contributed by atoms with van der Waals surface area (Å²) in [5.74, 6) is 1.93. The van der Waals surface area contributed by atoms with Crippen LogP contribution in [0.25, 0.3) is 0 Å². The molecule has 112 valence electrons. The fourth-order valence-corrected chi connectivity index (χ4v) is 2.06. The Bertz CT molecular complexity index is 727. The topological polar surface area (TPSA) is 62.8 Å². The van der Waals surface area contributed by atoms with Crippen molar-refractivity contribution in [2.24, 2.45) is 0 Å². The molecule has 1 heterocycles. The van der Waals surface area contributed by atoms with Gasteiger partial charge in [-0.2, -0.15) is 4.98 Å². The Morgan fingerprint density at radius 3 is 2.55 bits per heavy atom. The predicted molar refractivity (Wildman–Crippen MR) is 86.6 cm³/mol. The molecule has 5 nitrogen and oxygen atoms in total. The summed E-state index contributed by atoms with van der Waals surface area (Å²) >= 11 is 5.86. The fourth-order valence-electron chi connectivity index (χ4n) is 1.93. The number of aromatic nitrogens is 3. The number of nitrogens with one attached hydrogen (secondary N) is 2.